The van der Waals surface area contributed by atoms with Crippen LogP contribution in [0.3, 0.4) is 0 Å². The molecule has 0 fully saturated rings. The molecule has 1 heterocycles. The summed E-state index contributed by atoms with van der Waals surface area (Å²) in [6.45, 7) is 1.91. The Bertz CT molecular complexity index is 924. The van der Waals surface area contributed by atoms with Crippen LogP contribution in [-0.2, 0) is 11.3 Å². The summed E-state index contributed by atoms with van der Waals surface area (Å²) in [6, 6.07) is 18.4. The zero-order valence-corrected chi connectivity index (χ0v) is 16.1. The Balaban J connectivity index is 1.76. The molecule has 0 saturated heterocycles. The second kappa shape index (κ2) is 8.90. The van der Waals surface area contributed by atoms with E-state index in [1.807, 2.05) is 42.5 Å². The highest BCUT2D eigenvalue weighted by Crippen LogP contribution is 2.26. The van der Waals surface area contributed by atoms with Gasteiger partial charge in [-0.25, -0.2) is 4.98 Å². The first-order valence-corrected chi connectivity index (χ1v) is 8.78. The Morgan fingerprint density at radius 2 is 1.64 bits per heavy atom. The SMILES string of the molecule is COc1ccc(Oc2ccc(N(Cc3ccccc3OC)C(C)=O)cn2)cc1. The number of benzene rings is 2. The number of hydrogen-bond acceptors (Lipinski definition) is 5. The quantitative estimate of drug-likeness (QED) is 0.608. The lowest BCUT2D eigenvalue weighted by Gasteiger charge is -2.22. The molecule has 0 aliphatic rings. The number of pyridine rings is 1. The van der Waals surface area contributed by atoms with Crippen molar-refractivity contribution in [2.75, 3.05) is 19.1 Å². The molecule has 0 aliphatic carbocycles. The number of para-hydroxylation sites is 1. The van der Waals surface area contributed by atoms with E-state index in [1.54, 1.807) is 43.5 Å². The van der Waals surface area contributed by atoms with Crippen LogP contribution in [0.15, 0.2) is 66.9 Å². The normalized spacial score (nSPS) is 10.2. The smallest absolute Gasteiger partial charge is 0.224 e. The summed E-state index contributed by atoms with van der Waals surface area (Å²) in [5, 5.41) is 0. The molecule has 0 saturated carbocycles. The van der Waals surface area contributed by atoms with Gasteiger partial charge in [-0.2, -0.15) is 0 Å². The standard InChI is InChI=1S/C22H22N2O4/c1-16(25)24(15-17-6-4-5-7-21(17)27-3)18-8-13-22(23-14-18)28-20-11-9-19(26-2)10-12-20/h4-14H,15H2,1-3H3. The van der Waals surface area contributed by atoms with Crippen LogP contribution in [0.25, 0.3) is 0 Å². The average molecular weight is 378 g/mol. The van der Waals surface area contributed by atoms with Crippen molar-refractivity contribution in [2.24, 2.45) is 0 Å². The van der Waals surface area contributed by atoms with E-state index < -0.39 is 0 Å². The van der Waals surface area contributed by atoms with Crippen molar-refractivity contribution in [1.29, 1.82) is 0 Å². The first kappa shape index (κ1) is 19.2. The maximum Gasteiger partial charge on any atom is 0.224 e. The second-order valence-electron chi connectivity index (χ2n) is 6.05. The zero-order valence-electron chi connectivity index (χ0n) is 16.1. The fourth-order valence-corrected chi connectivity index (χ4v) is 2.75. The van der Waals surface area contributed by atoms with Crippen LogP contribution in [0.2, 0.25) is 0 Å². The van der Waals surface area contributed by atoms with Gasteiger partial charge in [0.2, 0.25) is 11.8 Å². The van der Waals surface area contributed by atoms with Crippen LogP contribution in [0.1, 0.15) is 12.5 Å². The maximum absolute atomic E-state index is 12.2. The Morgan fingerprint density at radius 1 is 0.929 bits per heavy atom. The van der Waals surface area contributed by atoms with Gasteiger partial charge in [0.25, 0.3) is 0 Å². The van der Waals surface area contributed by atoms with Gasteiger partial charge in [0.05, 0.1) is 32.6 Å². The molecule has 2 aromatic carbocycles. The number of aromatic nitrogens is 1. The van der Waals surface area contributed by atoms with E-state index in [1.165, 1.54) is 6.92 Å². The molecule has 3 aromatic rings. The fraction of sp³-hybridized carbons (Fsp3) is 0.182. The molecule has 1 aromatic heterocycles. The number of nitrogens with zero attached hydrogens (tertiary/aromatic N) is 2. The third-order valence-corrected chi connectivity index (χ3v) is 4.22. The van der Waals surface area contributed by atoms with Gasteiger partial charge < -0.3 is 19.1 Å². The Kier molecular flexibility index (Phi) is 6.11. The van der Waals surface area contributed by atoms with Gasteiger partial charge in [0.15, 0.2) is 0 Å². The molecule has 6 nitrogen and oxygen atoms in total. The highest BCUT2D eigenvalue weighted by Gasteiger charge is 2.15. The fourth-order valence-electron chi connectivity index (χ4n) is 2.75. The van der Waals surface area contributed by atoms with Crippen LogP contribution in [0.5, 0.6) is 23.1 Å². The highest BCUT2D eigenvalue weighted by molar-refractivity contribution is 5.91. The number of hydrogen-bond donors (Lipinski definition) is 0. The number of methoxy groups -OCH3 is 2. The number of amides is 1. The molecule has 3 rings (SSSR count). The monoisotopic (exact) mass is 378 g/mol. The molecule has 28 heavy (non-hydrogen) atoms. The minimum Gasteiger partial charge on any atom is -0.497 e. The number of carbonyl (C=O) groups is 1. The maximum atomic E-state index is 12.2. The van der Waals surface area contributed by atoms with Crippen molar-refractivity contribution >= 4 is 11.6 Å². The Morgan fingerprint density at radius 3 is 2.25 bits per heavy atom. The third kappa shape index (κ3) is 4.59. The molecule has 144 valence electrons. The summed E-state index contributed by atoms with van der Waals surface area (Å²) >= 11 is 0. The van der Waals surface area contributed by atoms with E-state index in [9.17, 15) is 4.79 Å². The Labute approximate surface area is 164 Å². The lowest BCUT2D eigenvalue weighted by Crippen LogP contribution is -2.28. The van der Waals surface area contributed by atoms with Crippen LogP contribution in [0.4, 0.5) is 5.69 Å². The molecular formula is C22H22N2O4. The summed E-state index contributed by atoms with van der Waals surface area (Å²) in [5.41, 5.74) is 1.60. The topological polar surface area (TPSA) is 60.9 Å². The summed E-state index contributed by atoms with van der Waals surface area (Å²) in [6.07, 6.45) is 1.62. The van der Waals surface area contributed by atoms with E-state index >= 15 is 0 Å². The molecule has 0 bridgehead atoms. The van der Waals surface area contributed by atoms with Crippen LogP contribution < -0.4 is 19.1 Å². The number of anilines is 1. The van der Waals surface area contributed by atoms with Crippen molar-refractivity contribution in [3.05, 3.63) is 72.4 Å². The summed E-state index contributed by atoms with van der Waals surface area (Å²) in [7, 11) is 3.23. The number of ether oxygens (including phenoxy) is 3. The van der Waals surface area contributed by atoms with Gasteiger partial charge in [-0.15, -0.1) is 0 Å². The van der Waals surface area contributed by atoms with E-state index in [0.717, 1.165) is 17.1 Å². The van der Waals surface area contributed by atoms with Crippen LogP contribution in [-0.4, -0.2) is 25.1 Å². The molecule has 0 spiro atoms. The summed E-state index contributed by atoms with van der Waals surface area (Å²) in [5.74, 6) is 2.50. The van der Waals surface area contributed by atoms with Crippen molar-refractivity contribution < 1.29 is 19.0 Å². The lowest BCUT2D eigenvalue weighted by atomic mass is 10.1. The van der Waals surface area contributed by atoms with Gasteiger partial charge in [-0.05, 0) is 36.4 Å². The largest absolute Gasteiger partial charge is 0.497 e. The predicted octanol–water partition coefficient (Wildman–Crippen LogP) is 4.44. The molecule has 0 atom stereocenters. The van der Waals surface area contributed by atoms with Crippen LogP contribution in [0, 0.1) is 0 Å². The predicted molar refractivity (Wildman–Crippen MR) is 107 cm³/mol. The van der Waals surface area contributed by atoms with Crippen molar-refractivity contribution in [1.82, 2.24) is 4.98 Å². The van der Waals surface area contributed by atoms with E-state index in [2.05, 4.69) is 4.98 Å². The molecule has 6 heteroatoms. The van der Waals surface area contributed by atoms with E-state index in [0.29, 0.717) is 23.9 Å². The van der Waals surface area contributed by atoms with Gasteiger partial charge >= 0.3 is 0 Å². The van der Waals surface area contributed by atoms with E-state index in [-0.39, 0.29) is 5.91 Å². The van der Waals surface area contributed by atoms with Gasteiger partial charge in [0.1, 0.15) is 17.2 Å². The van der Waals surface area contributed by atoms with Gasteiger partial charge in [-0.1, -0.05) is 18.2 Å². The van der Waals surface area contributed by atoms with E-state index in [4.69, 9.17) is 14.2 Å². The van der Waals surface area contributed by atoms with Crippen molar-refractivity contribution in [3.8, 4) is 23.1 Å². The average Bonchev–Trinajstić information content (AvgIpc) is 2.73. The first-order valence-electron chi connectivity index (χ1n) is 8.78. The molecule has 0 aliphatic heterocycles. The summed E-state index contributed by atoms with van der Waals surface area (Å²) < 4.78 is 16.3. The molecule has 0 radical (unpaired) electrons. The number of carbonyl (C=O) groups excluding carboxylic acids is 1. The highest BCUT2D eigenvalue weighted by atomic mass is 16.5. The molecule has 1 amide bonds. The van der Waals surface area contributed by atoms with Gasteiger partial charge in [0, 0.05) is 18.6 Å². The van der Waals surface area contributed by atoms with Gasteiger partial charge in [-0.3, -0.25) is 4.79 Å². The number of rotatable bonds is 7. The third-order valence-electron chi connectivity index (χ3n) is 4.22. The minimum atomic E-state index is -0.0865. The zero-order chi connectivity index (χ0) is 19.9. The summed E-state index contributed by atoms with van der Waals surface area (Å²) in [4.78, 5) is 18.2. The van der Waals surface area contributed by atoms with Crippen LogP contribution >= 0.6 is 0 Å². The minimum absolute atomic E-state index is 0.0865. The van der Waals surface area contributed by atoms with Crippen molar-refractivity contribution in [3.63, 3.8) is 0 Å². The van der Waals surface area contributed by atoms with Crippen molar-refractivity contribution in [2.45, 2.75) is 13.5 Å². The Hall–Kier alpha value is -3.54. The molecular weight excluding hydrogens is 356 g/mol. The second-order valence-corrected chi connectivity index (χ2v) is 6.05. The first-order chi connectivity index (χ1) is 13.6. The molecule has 0 unspecified atom stereocenters. The molecule has 0 N–H and O–H groups in total. The lowest BCUT2D eigenvalue weighted by molar-refractivity contribution is -0.116.